The van der Waals surface area contributed by atoms with E-state index in [0.717, 1.165) is 12.8 Å². The van der Waals surface area contributed by atoms with Crippen LogP contribution >= 0.6 is 0 Å². The third kappa shape index (κ3) is 3.87. The molecule has 11 heavy (non-hydrogen) atoms. The summed E-state index contributed by atoms with van der Waals surface area (Å²) in [6, 6.07) is 0. The molecule has 0 aromatic carbocycles. The highest BCUT2D eigenvalue weighted by atomic mass is 15.1. The van der Waals surface area contributed by atoms with Crippen LogP contribution in [0.2, 0.25) is 0 Å². The molecule has 0 bridgehead atoms. The third-order valence-corrected chi connectivity index (χ3v) is 1.95. The summed E-state index contributed by atoms with van der Waals surface area (Å²) in [5.41, 5.74) is 1.20. The lowest BCUT2D eigenvalue weighted by Crippen LogP contribution is -2.16. The summed E-state index contributed by atoms with van der Waals surface area (Å²) in [6.07, 6.45) is 4.19. The lowest BCUT2D eigenvalue weighted by molar-refractivity contribution is 0.421. The van der Waals surface area contributed by atoms with Gasteiger partial charge in [0.05, 0.1) is 0 Å². The topological polar surface area (TPSA) is 3.24 Å². The molecule has 0 saturated carbocycles. The summed E-state index contributed by atoms with van der Waals surface area (Å²) in [7, 11) is 4.07. The average Bonchev–Trinajstić information content (AvgIpc) is 1.98. The van der Waals surface area contributed by atoms with Crippen molar-refractivity contribution in [3.63, 3.8) is 0 Å². The number of rotatable bonds is 5. The molecule has 64 valence electrons. The number of nitrogens with zero attached hydrogens (tertiary/aromatic N) is 1. The Labute approximate surface area is 70.4 Å². The fraction of sp³-hybridized carbons (Fsp3) is 0.600. The predicted molar refractivity (Wildman–Crippen MR) is 51.4 cm³/mol. The zero-order valence-corrected chi connectivity index (χ0v) is 7.93. The molecule has 0 aliphatic carbocycles. The van der Waals surface area contributed by atoms with Crippen molar-refractivity contribution in [1.29, 1.82) is 0 Å². The first-order valence-electron chi connectivity index (χ1n) is 4.06. The summed E-state index contributed by atoms with van der Waals surface area (Å²) in [5.74, 6) is 0.572. The van der Waals surface area contributed by atoms with Crippen LogP contribution in [-0.4, -0.2) is 19.0 Å². The molecule has 0 aromatic heterocycles. The van der Waals surface area contributed by atoms with Gasteiger partial charge in [-0.1, -0.05) is 19.6 Å². The van der Waals surface area contributed by atoms with E-state index < -0.39 is 0 Å². The normalized spacial score (nSPS) is 12.3. The molecule has 0 amide bonds. The van der Waals surface area contributed by atoms with Crippen molar-refractivity contribution in [3.05, 3.63) is 24.9 Å². The van der Waals surface area contributed by atoms with Crippen LogP contribution < -0.4 is 0 Å². The minimum absolute atomic E-state index is 0.572. The highest BCUT2D eigenvalue weighted by Gasteiger charge is 2.06. The fourth-order valence-electron chi connectivity index (χ4n) is 0.975. The van der Waals surface area contributed by atoms with Crippen molar-refractivity contribution in [2.75, 3.05) is 14.1 Å². The zero-order chi connectivity index (χ0) is 8.85. The van der Waals surface area contributed by atoms with Gasteiger partial charge in [-0.3, -0.25) is 0 Å². The second-order valence-corrected chi connectivity index (χ2v) is 3.15. The van der Waals surface area contributed by atoms with Crippen molar-refractivity contribution in [2.24, 2.45) is 5.92 Å². The van der Waals surface area contributed by atoms with Crippen LogP contribution in [0, 0.1) is 5.92 Å². The second kappa shape index (κ2) is 5.00. The van der Waals surface area contributed by atoms with E-state index in [1.54, 1.807) is 0 Å². The highest BCUT2D eigenvalue weighted by molar-refractivity contribution is 4.96. The van der Waals surface area contributed by atoms with E-state index in [-0.39, 0.29) is 0 Å². The maximum Gasteiger partial charge on any atom is 0.00833 e. The quantitative estimate of drug-likeness (QED) is 0.549. The first-order chi connectivity index (χ1) is 5.09. The minimum Gasteiger partial charge on any atom is -0.381 e. The molecule has 0 aliphatic heterocycles. The van der Waals surface area contributed by atoms with Crippen LogP contribution in [0.25, 0.3) is 0 Å². The monoisotopic (exact) mass is 153 g/mol. The van der Waals surface area contributed by atoms with Gasteiger partial charge in [0.1, 0.15) is 0 Å². The molecule has 0 aliphatic rings. The molecule has 0 fully saturated rings. The molecular formula is C10H19N. The van der Waals surface area contributed by atoms with E-state index >= 15 is 0 Å². The van der Waals surface area contributed by atoms with Crippen LogP contribution in [0.15, 0.2) is 24.9 Å². The van der Waals surface area contributed by atoms with Crippen molar-refractivity contribution in [2.45, 2.75) is 19.8 Å². The van der Waals surface area contributed by atoms with Gasteiger partial charge in [0.15, 0.2) is 0 Å². The maximum atomic E-state index is 4.00. The molecule has 0 aromatic rings. The standard InChI is InChI=1S/C10H19N/c1-6-7-8-9(2)10(3)11(4)5/h6,9H,1,3,7-8H2,2,4-5H3. The van der Waals surface area contributed by atoms with Crippen LogP contribution in [0.3, 0.4) is 0 Å². The van der Waals surface area contributed by atoms with Gasteiger partial charge >= 0.3 is 0 Å². The predicted octanol–water partition coefficient (Wildman–Crippen LogP) is 2.66. The lowest BCUT2D eigenvalue weighted by Gasteiger charge is -2.21. The van der Waals surface area contributed by atoms with Crippen molar-refractivity contribution >= 4 is 0 Å². The maximum absolute atomic E-state index is 4.00. The summed E-state index contributed by atoms with van der Waals surface area (Å²) >= 11 is 0. The molecule has 0 heterocycles. The molecule has 1 atom stereocenters. The van der Waals surface area contributed by atoms with Gasteiger partial charge in [-0.25, -0.2) is 0 Å². The van der Waals surface area contributed by atoms with Gasteiger partial charge < -0.3 is 4.90 Å². The molecule has 0 saturated heterocycles. The Morgan fingerprint density at radius 3 is 2.45 bits per heavy atom. The van der Waals surface area contributed by atoms with E-state index in [1.165, 1.54) is 5.70 Å². The summed E-state index contributed by atoms with van der Waals surface area (Å²) in [4.78, 5) is 2.08. The molecule has 1 unspecified atom stereocenters. The molecule has 0 rings (SSSR count). The first kappa shape index (κ1) is 10.3. The van der Waals surface area contributed by atoms with E-state index in [9.17, 15) is 0 Å². The Hall–Kier alpha value is -0.720. The van der Waals surface area contributed by atoms with E-state index in [0.29, 0.717) is 5.92 Å². The van der Waals surface area contributed by atoms with E-state index in [2.05, 4.69) is 25.0 Å². The molecule has 1 nitrogen and oxygen atoms in total. The number of allylic oxidation sites excluding steroid dienone is 2. The highest BCUT2D eigenvalue weighted by Crippen LogP contribution is 2.16. The largest absolute Gasteiger partial charge is 0.381 e. The van der Waals surface area contributed by atoms with Gasteiger partial charge in [-0.2, -0.15) is 0 Å². The molecule has 0 radical (unpaired) electrons. The van der Waals surface area contributed by atoms with Gasteiger partial charge in [-0.05, 0) is 18.8 Å². The number of hydrogen-bond donors (Lipinski definition) is 0. The smallest absolute Gasteiger partial charge is 0.00833 e. The van der Waals surface area contributed by atoms with Crippen molar-refractivity contribution < 1.29 is 0 Å². The Morgan fingerprint density at radius 2 is 2.09 bits per heavy atom. The molecule has 0 spiro atoms. The molecular weight excluding hydrogens is 134 g/mol. The first-order valence-corrected chi connectivity index (χ1v) is 4.06. The van der Waals surface area contributed by atoms with Gasteiger partial charge in [0.25, 0.3) is 0 Å². The van der Waals surface area contributed by atoms with Crippen LogP contribution in [0.4, 0.5) is 0 Å². The van der Waals surface area contributed by atoms with Crippen LogP contribution in [0.5, 0.6) is 0 Å². The Bertz CT molecular complexity index is 136. The van der Waals surface area contributed by atoms with E-state index in [4.69, 9.17) is 0 Å². The van der Waals surface area contributed by atoms with Crippen LogP contribution in [0.1, 0.15) is 19.8 Å². The van der Waals surface area contributed by atoms with Gasteiger partial charge in [-0.15, -0.1) is 6.58 Å². The van der Waals surface area contributed by atoms with Gasteiger partial charge in [0.2, 0.25) is 0 Å². The third-order valence-electron chi connectivity index (χ3n) is 1.95. The van der Waals surface area contributed by atoms with E-state index in [1.807, 2.05) is 20.2 Å². The van der Waals surface area contributed by atoms with Crippen LogP contribution in [-0.2, 0) is 0 Å². The SMILES string of the molecule is C=CCCC(C)C(=C)N(C)C. The lowest BCUT2D eigenvalue weighted by atomic mass is 10.0. The number of hydrogen-bond acceptors (Lipinski definition) is 1. The molecule has 1 heteroatoms. The Balaban J connectivity index is 3.73. The average molecular weight is 153 g/mol. The fourth-order valence-corrected chi connectivity index (χ4v) is 0.975. The summed E-state index contributed by atoms with van der Waals surface area (Å²) in [6.45, 7) is 9.89. The Kier molecular flexibility index (Phi) is 4.67. The Morgan fingerprint density at radius 1 is 1.55 bits per heavy atom. The molecule has 0 N–H and O–H groups in total. The van der Waals surface area contributed by atoms with Crippen molar-refractivity contribution in [1.82, 2.24) is 4.90 Å². The summed E-state index contributed by atoms with van der Waals surface area (Å²) < 4.78 is 0. The zero-order valence-electron chi connectivity index (χ0n) is 7.93. The minimum atomic E-state index is 0.572. The van der Waals surface area contributed by atoms with Gasteiger partial charge in [0, 0.05) is 19.8 Å². The summed E-state index contributed by atoms with van der Waals surface area (Å²) in [5, 5.41) is 0. The second-order valence-electron chi connectivity index (χ2n) is 3.15. The van der Waals surface area contributed by atoms with Crippen molar-refractivity contribution in [3.8, 4) is 0 Å².